The van der Waals surface area contributed by atoms with Gasteiger partial charge in [-0.15, -0.1) is 10.2 Å². The average molecular weight is 232 g/mol. The molecule has 0 spiro atoms. The van der Waals surface area contributed by atoms with E-state index >= 15 is 0 Å². The van der Waals surface area contributed by atoms with Crippen molar-refractivity contribution in [3.63, 3.8) is 0 Å². The van der Waals surface area contributed by atoms with Gasteiger partial charge < -0.3 is 0 Å². The zero-order valence-electron chi connectivity index (χ0n) is 9.40. The molecule has 0 aromatic carbocycles. The Balaban J connectivity index is 2.30. The summed E-state index contributed by atoms with van der Waals surface area (Å²) in [4.78, 5) is 14.6. The fourth-order valence-corrected chi connectivity index (χ4v) is 1.91. The summed E-state index contributed by atoms with van der Waals surface area (Å²) in [5.74, 6) is 0.700. The number of rotatable bonds is 3. The fraction of sp³-hybridized carbons (Fsp3) is 0.400. The summed E-state index contributed by atoms with van der Waals surface area (Å²) in [7, 11) is 0. The van der Waals surface area contributed by atoms with Crippen LogP contribution in [0.4, 0.5) is 0 Å². The van der Waals surface area contributed by atoms with Gasteiger partial charge in [0, 0.05) is 6.42 Å². The number of nitrogens with zero attached hydrogens (tertiary/aromatic N) is 4. The van der Waals surface area contributed by atoms with E-state index in [0.29, 0.717) is 17.1 Å². The number of hydrogen-bond donors (Lipinski definition) is 2. The number of aromatic amines is 2. The predicted octanol–water partition coefficient (Wildman–Crippen LogP) is 0.636. The molecule has 3 heterocycles. The van der Waals surface area contributed by atoms with Crippen LogP contribution < -0.4 is 5.69 Å². The molecule has 7 heteroatoms. The highest BCUT2D eigenvalue weighted by atomic mass is 16.1. The normalized spacial score (nSPS) is 11.6. The number of fused-ring (bicyclic) bond motifs is 3. The highest BCUT2D eigenvalue weighted by Gasteiger charge is 2.12. The van der Waals surface area contributed by atoms with Crippen molar-refractivity contribution >= 4 is 16.7 Å². The van der Waals surface area contributed by atoms with Crippen molar-refractivity contribution in [3.05, 3.63) is 22.5 Å². The van der Waals surface area contributed by atoms with Crippen LogP contribution in [0, 0.1) is 0 Å². The Labute approximate surface area is 95.9 Å². The van der Waals surface area contributed by atoms with E-state index in [1.54, 1.807) is 6.20 Å². The van der Waals surface area contributed by atoms with Gasteiger partial charge in [0.1, 0.15) is 11.5 Å². The molecule has 0 atom stereocenters. The van der Waals surface area contributed by atoms with Crippen LogP contribution in [0.5, 0.6) is 0 Å². The highest BCUT2D eigenvalue weighted by molar-refractivity contribution is 5.87. The molecule has 0 aliphatic heterocycles. The summed E-state index contributed by atoms with van der Waals surface area (Å²) in [5, 5.41) is 15.5. The third-order valence-electron chi connectivity index (χ3n) is 2.80. The lowest BCUT2D eigenvalue weighted by molar-refractivity contribution is 0.735. The van der Waals surface area contributed by atoms with Crippen LogP contribution in [0.15, 0.2) is 11.0 Å². The molecule has 7 nitrogen and oxygen atoms in total. The molecule has 0 radical (unpaired) electrons. The Hall–Kier alpha value is -2.18. The molecule has 0 amide bonds. The second-order valence-corrected chi connectivity index (χ2v) is 3.97. The summed E-state index contributed by atoms with van der Waals surface area (Å²) in [6.07, 6.45) is 4.44. The van der Waals surface area contributed by atoms with Crippen molar-refractivity contribution in [2.24, 2.45) is 0 Å². The molecule has 0 saturated heterocycles. The van der Waals surface area contributed by atoms with Crippen molar-refractivity contribution < 1.29 is 0 Å². The molecule has 3 rings (SSSR count). The lowest BCUT2D eigenvalue weighted by Crippen LogP contribution is -2.18. The number of H-pyrrole nitrogens is 2. The van der Waals surface area contributed by atoms with Crippen LogP contribution in [0.3, 0.4) is 0 Å². The molecule has 17 heavy (non-hydrogen) atoms. The molecular formula is C10H12N6O. The molecule has 88 valence electrons. The van der Waals surface area contributed by atoms with Crippen molar-refractivity contribution in [3.8, 4) is 0 Å². The van der Waals surface area contributed by atoms with E-state index in [4.69, 9.17) is 0 Å². The standard InChI is InChI=1S/C10H12N6O/c1-2-3-4-7-13-15-9-6-5-11-14-8(6)12-10(17)16(7)9/h5H,2-4H2,1H3,(H2,11,12,14,17). The Morgan fingerprint density at radius 2 is 2.29 bits per heavy atom. The van der Waals surface area contributed by atoms with E-state index in [-0.39, 0.29) is 5.69 Å². The maximum Gasteiger partial charge on any atom is 0.334 e. The molecule has 3 aromatic rings. The summed E-state index contributed by atoms with van der Waals surface area (Å²) in [5.41, 5.74) is 0.911. The minimum atomic E-state index is -0.229. The van der Waals surface area contributed by atoms with E-state index in [2.05, 4.69) is 32.3 Å². The monoisotopic (exact) mass is 232 g/mol. The lowest BCUT2D eigenvalue weighted by Gasteiger charge is -1.97. The van der Waals surface area contributed by atoms with Gasteiger partial charge in [-0.1, -0.05) is 13.3 Å². The first-order chi connectivity index (χ1) is 8.31. The largest absolute Gasteiger partial charge is 0.334 e. The molecule has 3 aromatic heterocycles. The van der Waals surface area contributed by atoms with Gasteiger partial charge in [-0.05, 0) is 6.42 Å². The number of nitrogens with one attached hydrogen (secondary N) is 2. The van der Waals surface area contributed by atoms with Crippen molar-refractivity contribution in [2.75, 3.05) is 0 Å². The predicted molar refractivity (Wildman–Crippen MR) is 61.9 cm³/mol. The van der Waals surface area contributed by atoms with Crippen molar-refractivity contribution in [1.29, 1.82) is 0 Å². The first-order valence-electron chi connectivity index (χ1n) is 5.60. The third kappa shape index (κ3) is 1.42. The van der Waals surface area contributed by atoms with Gasteiger partial charge in [0.25, 0.3) is 0 Å². The number of unbranched alkanes of at least 4 members (excludes halogenated alkanes) is 1. The third-order valence-corrected chi connectivity index (χ3v) is 2.80. The van der Waals surface area contributed by atoms with E-state index in [1.807, 2.05) is 0 Å². The van der Waals surface area contributed by atoms with Crippen molar-refractivity contribution in [1.82, 2.24) is 29.8 Å². The lowest BCUT2D eigenvalue weighted by atomic mass is 10.2. The van der Waals surface area contributed by atoms with Gasteiger partial charge in [0.05, 0.1) is 11.6 Å². The van der Waals surface area contributed by atoms with Crippen LogP contribution in [0.2, 0.25) is 0 Å². The number of aromatic nitrogens is 6. The van der Waals surface area contributed by atoms with Gasteiger partial charge in [0.15, 0.2) is 5.65 Å². The van der Waals surface area contributed by atoms with Crippen LogP contribution in [-0.4, -0.2) is 29.8 Å². The molecule has 0 aliphatic carbocycles. The Kier molecular flexibility index (Phi) is 2.17. The molecule has 2 N–H and O–H groups in total. The van der Waals surface area contributed by atoms with Gasteiger partial charge in [-0.25, -0.2) is 9.20 Å². The second kappa shape index (κ2) is 3.69. The van der Waals surface area contributed by atoms with Crippen LogP contribution in [0.1, 0.15) is 25.6 Å². The van der Waals surface area contributed by atoms with Crippen LogP contribution in [-0.2, 0) is 6.42 Å². The van der Waals surface area contributed by atoms with Crippen LogP contribution in [0.25, 0.3) is 16.7 Å². The maximum absolute atomic E-state index is 11.9. The fourth-order valence-electron chi connectivity index (χ4n) is 1.91. The summed E-state index contributed by atoms with van der Waals surface area (Å²) in [6.45, 7) is 2.10. The zero-order chi connectivity index (χ0) is 11.8. The van der Waals surface area contributed by atoms with Gasteiger partial charge in [0.2, 0.25) is 0 Å². The summed E-state index contributed by atoms with van der Waals surface area (Å²) < 4.78 is 1.52. The molecule has 0 unspecified atom stereocenters. The first kappa shape index (κ1) is 10.0. The van der Waals surface area contributed by atoms with Gasteiger partial charge in [-0.2, -0.15) is 5.10 Å². The van der Waals surface area contributed by atoms with E-state index in [0.717, 1.165) is 24.6 Å². The smallest absolute Gasteiger partial charge is 0.291 e. The molecule has 0 aliphatic rings. The molecule has 0 bridgehead atoms. The minimum Gasteiger partial charge on any atom is -0.291 e. The topological polar surface area (TPSA) is 91.7 Å². The summed E-state index contributed by atoms with van der Waals surface area (Å²) in [6, 6.07) is 0. The van der Waals surface area contributed by atoms with Gasteiger partial charge in [-0.3, -0.25) is 10.1 Å². The molecule has 0 fully saturated rings. The Morgan fingerprint density at radius 3 is 3.12 bits per heavy atom. The highest BCUT2D eigenvalue weighted by Crippen LogP contribution is 2.12. The summed E-state index contributed by atoms with van der Waals surface area (Å²) >= 11 is 0. The van der Waals surface area contributed by atoms with Gasteiger partial charge >= 0.3 is 5.69 Å². The molecule has 0 saturated carbocycles. The Bertz CT molecular complexity index is 721. The second-order valence-electron chi connectivity index (χ2n) is 3.97. The maximum atomic E-state index is 11.9. The van der Waals surface area contributed by atoms with Crippen molar-refractivity contribution in [2.45, 2.75) is 26.2 Å². The molecular weight excluding hydrogens is 220 g/mol. The van der Waals surface area contributed by atoms with E-state index < -0.39 is 0 Å². The first-order valence-corrected chi connectivity index (χ1v) is 5.60. The Morgan fingerprint density at radius 1 is 1.41 bits per heavy atom. The SMILES string of the molecule is CCCCc1nnc2c3cn[nH]c3[nH]c(=O)n12. The number of hydrogen-bond acceptors (Lipinski definition) is 4. The quantitative estimate of drug-likeness (QED) is 0.693. The van der Waals surface area contributed by atoms with E-state index in [9.17, 15) is 4.79 Å². The van der Waals surface area contributed by atoms with Crippen LogP contribution >= 0.6 is 0 Å². The zero-order valence-corrected chi connectivity index (χ0v) is 9.40. The van der Waals surface area contributed by atoms with E-state index in [1.165, 1.54) is 4.40 Å². The number of aryl methyl sites for hydroxylation is 1. The minimum absolute atomic E-state index is 0.229. The average Bonchev–Trinajstić information content (AvgIpc) is 2.91.